The second-order valence-electron chi connectivity index (χ2n) is 2.95. The predicted molar refractivity (Wildman–Crippen MR) is 45.5 cm³/mol. The van der Waals surface area contributed by atoms with Gasteiger partial charge in [-0.1, -0.05) is 0 Å². The zero-order chi connectivity index (χ0) is 11.2. The van der Waals surface area contributed by atoms with Gasteiger partial charge >= 0.3 is 6.18 Å². The smallest absolute Gasteiger partial charge is 0.396 e. The van der Waals surface area contributed by atoms with Gasteiger partial charge in [0, 0.05) is 0 Å². The molecule has 0 fully saturated rings. The van der Waals surface area contributed by atoms with E-state index in [4.69, 9.17) is 5.73 Å². The van der Waals surface area contributed by atoms with Crippen molar-refractivity contribution in [3.05, 3.63) is 23.8 Å². The van der Waals surface area contributed by atoms with Crippen LogP contribution < -0.4 is 5.73 Å². The first-order valence-electron chi connectivity index (χ1n) is 3.89. The number of rotatable bonds is 0. The molecule has 0 atom stereocenters. The third-order valence-corrected chi connectivity index (χ3v) is 1.96. The summed E-state index contributed by atoms with van der Waals surface area (Å²) < 4.78 is 50.7. The van der Waals surface area contributed by atoms with Gasteiger partial charge in [-0.2, -0.15) is 13.2 Å². The number of aromatic nitrogens is 2. The Balaban J connectivity index is 2.90. The molecule has 7 heteroatoms. The van der Waals surface area contributed by atoms with Gasteiger partial charge < -0.3 is 10.7 Å². The van der Waals surface area contributed by atoms with E-state index in [9.17, 15) is 17.6 Å². The van der Waals surface area contributed by atoms with E-state index in [1.165, 1.54) is 0 Å². The van der Waals surface area contributed by atoms with Crippen molar-refractivity contribution < 1.29 is 17.6 Å². The lowest BCUT2D eigenvalue weighted by Crippen LogP contribution is -2.11. The Bertz CT molecular complexity index is 514. The summed E-state index contributed by atoms with van der Waals surface area (Å²) in [5.74, 6) is -1.48. The number of fused-ring (bicyclic) bond motifs is 1. The number of imidazole rings is 1. The van der Waals surface area contributed by atoms with Gasteiger partial charge in [-0.05, 0) is 6.07 Å². The third kappa shape index (κ3) is 1.39. The van der Waals surface area contributed by atoms with Crippen LogP contribution in [0.15, 0.2) is 12.4 Å². The normalized spacial score (nSPS) is 12.3. The van der Waals surface area contributed by atoms with Crippen LogP contribution in [0.25, 0.3) is 11.0 Å². The Labute approximate surface area is 80.9 Å². The summed E-state index contributed by atoms with van der Waals surface area (Å²) in [6.07, 6.45) is -3.76. The van der Waals surface area contributed by atoms with Gasteiger partial charge in [0.25, 0.3) is 0 Å². The number of aromatic amines is 1. The molecule has 0 saturated carbocycles. The molecule has 80 valence electrons. The molecule has 0 aliphatic carbocycles. The van der Waals surface area contributed by atoms with Crippen LogP contribution in [-0.2, 0) is 6.18 Å². The van der Waals surface area contributed by atoms with Crippen LogP contribution >= 0.6 is 0 Å². The third-order valence-electron chi connectivity index (χ3n) is 1.96. The van der Waals surface area contributed by atoms with E-state index in [0.29, 0.717) is 0 Å². The lowest BCUT2D eigenvalue weighted by Gasteiger charge is -2.09. The number of anilines is 1. The zero-order valence-corrected chi connectivity index (χ0v) is 7.19. The Hall–Kier alpha value is -1.79. The van der Waals surface area contributed by atoms with Crippen molar-refractivity contribution in [3.63, 3.8) is 0 Å². The van der Waals surface area contributed by atoms with E-state index in [1.54, 1.807) is 0 Å². The van der Waals surface area contributed by atoms with E-state index in [-0.39, 0.29) is 5.52 Å². The van der Waals surface area contributed by atoms with Crippen LogP contribution in [0.2, 0.25) is 0 Å². The number of hydrogen-bond acceptors (Lipinski definition) is 2. The number of halogens is 4. The lowest BCUT2D eigenvalue weighted by atomic mass is 10.1. The fourth-order valence-electron chi connectivity index (χ4n) is 1.34. The Kier molecular flexibility index (Phi) is 1.85. The van der Waals surface area contributed by atoms with E-state index in [2.05, 4.69) is 9.97 Å². The van der Waals surface area contributed by atoms with Crippen LogP contribution in [0.4, 0.5) is 23.2 Å². The average molecular weight is 219 g/mol. The van der Waals surface area contributed by atoms with Crippen molar-refractivity contribution in [3.8, 4) is 0 Å². The average Bonchev–Trinajstić information content (AvgIpc) is 2.50. The molecule has 1 heterocycles. The molecular formula is C8H5F4N3. The fourth-order valence-corrected chi connectivity index (χ4v) is 1.34. The molecule has 3 nitrogen and oxygen atoms in total. The van der Waals surface area contributed by atoms with Crippen LogP contribution in [0.5, 0.6) is 0 Å². The van der Waals surface area contributed by atoms with Crippen molar-refractivity contribution in [1.29, 1.82) is 0 Å². The SMILES string of the molecule is Nc1cc2[nH]cnc2c(C(F)(F)F)c1F. The number of hydrogen-bond donors (Lipinski definition) is 2. The van der Waals surface area contributed by atoms with Gasteiger partial charge in [-0.3, -0.25) is 0 Å². The minimum absolute atomic E-state index is 0.0567. The minimum Gasteiger partial charge on any atom is -0.396 e. The molecule has 0 aliphatic heterocycles. The Morgan fingerprint density at radius 3 is 2.60 bits per heavy atom. The molecule has 2 aromatic rings. The van der Waals surface area contributed by atoms with Gasteiger partial charge in [0.05, 0.1) is 17.5 Å². The van der Waals surface area contributed by atoms with E-state index >= 15 is 0 Å². The highest BCUT2D eigenvalue weighted by Crippen LogP contribution is 2.37. The molecule has 3 N–H and O–H groups in total. The molecule has 0 aliphatic rings. The topological polar surface area (TPSA) is 54.7 Å². The van der Waals surface area contributed by atoms with Crippen molar-refractivity contribution in [2.45, 2.75) is 6.18 Å². The number of nitrogens with one attached hydrogen (secondary N) is 1. The largest absolute Gasteiger partial charge is 0.421 e. The first-order chi connectivity index (χ1) is 6.91. The summed E-state index contributed by atoms with van der Waals surface area (Å²) in [5.41, 5.74) is 2.72. The number of nitrogens with two attached hydrogens (primary N) is 1. The van der Waals surface area contributed by atoms with Gasteiger partial charge in [0.1, 0.15) is 11.1 Å². The summed E-state index contributed by atoms with van der Waals surface area (Å²) in [4.78, 5) is 5.86. The second kappa shape index (κ2) is 2.85. The summed E-state index contributed by atoms with van der Waals surface area (Å²) >= 11 is 0. The molecule has 2 rings (SSSR count). The maximum Gasteiger partial charge on any atom is 0.421 e. The molecule has 0 amide bonds. The monoisotopic (exact) mass is 219 g/mol. The van der Waals surface area contributed by atoms with Crippen LogP contribution in [0.3, 0.4) is 0 Å². The second-order valence-corrected chi connectivity index (χ2v) is 2.95. The van der Waals surface area contributed by atoms with Gasteiger partial charge in [0.2, 0.25) is 0 Å². The van der Waals surface area contributed by atoms with Crippen molar-refractivity contribution in [2.24, 2.45) is 0 Å². The molecule has 0 saturated heterocycles. The molecule has 0 bridgehead atoms. The fraction of sp³-hybridized carbons (Fsp3) is 0.125. The summed E-state index contributed by atoms with van der Waals surface area (Å²) in [7, 11) is 0. The van der Waals surface area contributed by atoms with Crippen LogP contribution in [0.1, 0.15) is 5.56 Å². The first kappa shape index (κ1) is 9.75. The molecule has 15 heavy (non-hydrogen) atoms. The number of nitrogen functional groups attached to an aromatic ring is 1. The highest BCUT2D eigenvalue weighted by Gasteiger charge is 2.38. The van der Waals surface area contributed by atoms with Gasteiger partial charge in [-0.15, -0.1) is 0 Å². The molecular weight excluding hydrogens is 214 g/mol. The first-order valence-corrected chi connectivity index (χ1v) is 3.89. The number of H-pyrrole nitrogens is 1. The highest BCUT2D eigenvalue weighted by atomic mass is 19.4. The van der Waals surface area contributed by atoms with E-state index in [1.807, 2.05) is 0 Å². The molecule has 0 unspecified atom stereocenters. The van der Waals surface area contributed by atoms with Crippen LogP contribution in [0, 0.1) is 5.82 Å². The summed E-state index contributed by atoms with van der Waals surface area (Å²) in [5, 5.41) is 0. The van der Waals surface area contributed by atoms with Gasteiger partial charge in [-0.25, -0.2) is 9.37 Å². The predicted octanol–water partition coefficient (Wildman–Crippen LogP) is 2.30. The summed E-state index contributed by atoms with van der Waals surface area (Å²) in [6, 6.07) is 1.08. The van der Waals surface area contributed by atoms with Crippen LogP contribution in [-0.4, -0.2) is 9.97 Å². The standard InChI is InChI=1S/C8H5F4N3/c9-6-3(13)1-4-7(15-2-14-4)5(6)8(10,11)12/h1-2H,13H2,(H,14,15). The van der Waals surface area contributed by atoms with E-state index in [0.717, 1.165) is 12.4 Å². The highest BCUT2D eigenvalue weighted by molar-refractivity contribution is 5.83. The number of alkyl halides is 3. The Morgan fingerprint density at radius 1 is 1.33 bits per heavy atom. The Morgan fingerprint density at radius 2 is 2.00 bits per heavy atom. The molecule has 0 radical (unpaired) electrons. The maximum absolute atomic E-state index is 13.2. The number of nitrogens with zero attached hydrogens (tertiary/aromatic N) is 1. The molecule has 1 aromatic heterocycles. The zero-order valence-electron chi connectivity index (χ0n) is 7.19. The van der Waals surface area contributed by atoms with Crippen molar-refractivity contribution >= 4 is 16.7 Å². The molecule has 1 aromatic carbocycles. The van der Waals surface area contributed by atoms with Gasteiger partial charge in [0.15, 0.2) is 5.82 Å². The lowest BCUT2D eigenvalue weighted by molar-refractivity contribution is -0.138. The molecule has 0 spiro atoms. The van der Waals surface area contributed by atoms with Crippen molar-refractivity contribution in [1.82, 2.24) is 9.97 Å². The summed E-state index contributed by atoms with van der Waals surface area (Å²) in [6.45, 7) is 0. The quantitative estimate of drug-likeness (QED) is 0.527. The maximum atomic E-state index is 13.2. The number of benzene rings is 1. The van der Waals surface area contributed by atoms with E-state index < -0.39 is 28.8 Å². The van der Waals surface area contributed by atoms with Crippen molar-refractivity contribution in [2.75, 3.05) is 5.73 Å². The minimum atomic E-state index is -4.81.